The van der Waals surface area contributed by atoms with E-state index in [2.05, 4.69) is 10.6 Å². The van der Waals surface area contributed by atoms with Gasteiger partial charge < -0.3 is 15.5 Å². The molecule has 1 atom stereocenters. The smallest absolute Gasteiger partial charge is 0.321 e. The summed E-state index contributed by atoms with van der Waals surface area (Å²) in [5, 5.41) is 5.36. The maximum Gasteiger partial charge on any atom is 0.321 e. The van der Waals surface area contributed by atoms with Crippen LogP contribution in [0.25, 0.3) is 0 Å². The molecule has 9 heteroatoms. The molecule has 2 aromatic carbocycles. The minimum atomic E-state index is -0.708. The molecule has 0 bridgehead atoms. The fraction of sp³-hybridized carbons (Fsp3) is 0.300. The molecule has 4 rings (SSSR count). The van der Waals surface area contributed by atoms with E-state index in [0.29, 0.717) is 31.7 Å². The van der Waals surface area contributed by atoms with Gasteiger partial charge in [0.15, 0.2) is 0 Å². The Hall–Kier alpha value is -3.23. The maximum absolute atomic E-state index is 14.2. The summed E-state index contributed by atoms with van der Waals surface area (Å²) in [7, 11) is 0. The van der Waals surface area contributed by atoms with Crippen LogP contribution in [-0.4, -0.2) is 44.2 Å². The highest BCUT2D eigenvalue weighted by molar-refractivity contribution is 5.98. The minimum absolute atomic E-state index is 0.127. The number of nitrogens with one attached hydrogen (secondary N) is 2. The normalized spacial score (nSPS) is 18.9. The Morgan fingerprint density at radius 2 is 1.83 bits per heavy atom. The topological polar surface area (TPSA) is 64.7 Å². The number of rotatable bonds is 4. The molecule has 2 aliphatic heterocycles. The van der Waals surface area contributed by atoms with Crippen LogP contribution in [0.15, 0.2) is 36.4 Å². The zero-order valence-corrected chi connectivity index (χ0v) is 15.4. The van der Waals surface area contributed by atoms with Crippen LogP contribution in [-0.2, 0) is 0 Å². The molecular formula is C20H19F3N4O2. The van der Waals surface area contributed by atoms with E-state index in [1.54, 1.807) is 0 Å². The van der Waals surface area contributed by atoms with Crippen molar-refractivity contribution in [3.63, 3.8) is 0 Å². The molecule has 2 fully saturated rings. The van der Waals surface area contributed by atoms with Gasteiger partial charge in [0.1, 0.15) is 23.1 Å². The lowest BCUT2D eigenvalue weighted by Crippen LogP contribution is -2.38. The highest BCUT2D eigenvalue weighted by Gasteiger charge is 2.29. The van der Waals surface area contributed by atoms with Crippen molar-refractivity contribution >= 4 is 23.3 Å². The Labute approximate surface area is 165 Å². The fourth-order valence-electron chi connectivity index (χ4n) is 3.71. The monoisotopic (exact) mass is 404 g/mol. The molecule has 152 valence electrons. The molecule has 2 heterocycles. The summed E-state index contributed by atoms with van der Waals surface area (Å²) < 4.78 is 42.2. The van der Waals surface area contributed by atoms with Gasteiger partial charge in [-0.2, -0.15) is 0 Å². The fourth-order valence-corrected chi connectivity index (χ4v) is 3.71. The first-order valence-electron chi connectivity index (χ1n) is 9.29. The molecule has 6 nitrogen and oxygen atoms in total. The second-order valence-corrected chi connectivity index (χ2v) is 7.02. The van der Waals surface area contributed by atoms with E-state index >= 15 is 0 Å². The van der Waals surface area contributed by atoms with Gasteiger partial charge in [-0.1, -0.05) is 6.07 Å². The number of benzene rings is 2. The van der Waals surface area contributed by atoms with Gasteiger partial charge in [-0.05, 0) is 36.8 Å². The van der Waals surface area contributed by atoms with Crippen molar-refractivity contribution in [3.8, 4) is 0 Å². The number of hydrogen-bond donors (Lipinski definition) is 2. The molecule has 2 saturated heterocycles. The van der Waals surface area contributed by atoms with E-state index in [1.807, 2.05) is 0 Å². The molecule has 2 aromatic rings. The van der Waals surface area contributed by atoms with E-state index in [-0.39, 0.29) is 29.9 Å². The summed E-state index contributed by atoms with van der Waals surface area (Å²) in [6.45, 7) is 1.47. The predicted octanol–water partition coefficient (Wildman–Crippen LogP) is 2.64. The van der Waals surface area contributed by atoms with Crippen LogP contribution in [0.5, 0.6) is 0 Å². The number of nitrogens with zero attached hydrogens (tertiary/aromatic N) is 2. The van der Waals surface area contributed by atoms with Gasteiger partial charge in [0, 0.05) is 37.9 Å². The number of para-hydroxylation sites is 1. The van der Waals surface area contributed by atoms with Gasteiger partial charge in [0.25, 0.3) is 5.91 Å². The second-order valence-electron chi connectivity index (χ2n) is 7.02. The Bertz CT molecular complexity index is 948. The Morgan fingerprint density at radius 1 is 1.07 bits per heavy atom. The van der Waals surface area contributed by atoms with Crippen LogP contribution < -0.4 is 20.4 Å². The number of urea groups is 1. The molecule has 29 heavy (non-hydrogen) atoms. The zero-order valence-electron chi connectivity index (χ0n) is 15.4. The Balaban J connectivity index is 1.47. The summed E-state index contributed by atoms with van der Waals surface area (Å²) >= 11 is 0. The van der Waals surface area contributed by atoms with E-state index in [4.69, 9.17) is 0 Å². The number of hydrogen-bond acceptors (Lipinski definition) is 3. The highest BCUT2D eigenvalue weighted by atomic mass is 19.1. The van der Waals surface area contributed by atoms with Crippen molar-refractivity contribution in [2.45, 2.75) is 12.5 Å². The van der Waals surface area contributed by atoms with Crippen LogP contribution >= 0.6 is 0 Å². The second kappa shape index (κ2) is 7.65. The number of halogens is 3. The van der Waals surface area contributed by atoms with Gasteiger partial charge >= 0.3 is 6.03 Å². The lowest BCUT2D eigenvalue weighted by molar-refractivity contribution is 0.0936. The number of amides is 3. The van der Waals surface area contributed by atoms with Crippen LogP contribution in [0.2, 0.25) is 0 Å². The molecule has 0 radical (unpaired) electrons. The third-order valence-electron chi connectivity index (χ3n) is 5.14. The third kappa shape index (κ3) is 3.72. The van der Waals surface area contributed by atoms with Crippen LogP contribution in [0, 0.1) is 17.5 Å². The maximum atomic E-state index is 14.2. The zero-order chi connectivity index (χ0) is 20.5. The van der Waals surface area contributed by atoms with Gasteiger partial charge in [-0.15, -0.1) is 0 Å². The first kappa shape index (κ1) is 19.1. The van der Waals surface area contributed by atoms with Gasteiger partial charge in [0.2, 0.25) is 0 Å². The average Bonchev–Trinajstić information content (AvgIpc) is 3.31. The standard InChI is InChI=1S/C20H19F3N4O2/c21-15-5-4-13(27-9-7-24-20(27)29)10-14(15)19(28)25-12-6-8-26(11-12)18-16(22)2-1-3-17(18)23/h1-5,10,12H,6-9,11H2,(H,24,29)(H,25,28)/t12-/m0/s1. The van der Waals surface area contributed by atoms with Gasteiger partial charge in [-0.3, -0.25) is 9.69 Å². The van der Waals surface area contributed by atoms with Crippen molar-refractivity contribution in [1.82, 2.24) is 10.6 Å². The van der Waals surface area contributed by atoms with Gasteiger partial charge in [0.05, 0.1) is 5.56 Å². The van der Waals surface area contributed by atoms with Crippen molar-refractivity contribution < 1.29 is 22.8 Å². The van der Waals surface area contributed by atoms with Crippen molar-refractivity contribution in [3.05, 3.63) is 59.4 Å². The van der Waals surface area contributed by atoms with Crippen molar-refractivity contribution in [2.75, 3.05) is 36.0 Å². The first-order chi connectivity index (χ1) is 13.9. The quantitative estimate of drug-likeness (QED) is 0.824. The average molecular weight is 404 g/mol. The third-order valence-corrected chi connectivity index (χ3v) is 5.14. The molecule has 0 spiro atoms. The Morgan fingerprint density at radius 3 is 2.52 bits per heavy atom. The largest absolute Gasteiger partial charge is 0.365 e. The predicted molar refractivity (Wildman–Crippen MR) is 102 cm³/mol. The summed E-state index contributed by atoms with van der Waals surface area (Å²) in [4.78, 5) is 27.4. The molecule has 0 aliphatic carbocycles. The van der Waals surface area contributed by atoms with Gasteiger partial charge in [-0.25, -0.2) is 18.0 Å². The number of carbonyl (C=O) groups excluding carboxylic acids is 2. The van der Waals surface area contributed by atoms with E-state index in [9.17, 15) is 22.8 Å². The first-order valence-corrected chi connectivity index (χ1v) is 9.29. The summed E-state index contributed by atoms with van der Waals surface area (Å²) in [6.07, 6.45) is 0.468. The van der Waals surface area contributed by atoms with Crippen molar-refractivity contribution in [2.24, 2.45) is 0 Å². The van der Waals surface area contributed by atoms with Crippen LogP contribution in [0.3, 0.4) is 0 Å². The summed E-state index contributed by atoms with van der Waals surface area (Å²) in [6, 6.07) is 6.87. The molecular weight excluding hydrogens is 385 g/mol. The molecule has 2 aliphatic rings. The lowest BCUT2D eigenvalue weighted by Gasteiger charge is -2.20. The van der Waals surface area contributed by atoms with Crippen LogP contribution in [0.4, 0.5) is 29.3 Å². The number of carbonyl (C=O) groups is 2. The summed E-state index contributed by atoms with van der Waals surface area (Å²) in [5.41, 5.74) is 0.114. The van der Waals surface area contributed by atoms with Crippen LogP contribution in [0.1, 0.15) is 16.8 Å². The molecule has 3 amide bonds. The van der Waals surface area contributed by atoms with E-state index in [1.165, 1.54) is 40.1 Å². The van der Waals surface area contributed by atoms with Crippen molar-refractivity contribution in [1.29, 1.82) is 0 Å². The van der Waals surface area contributed by atoms with E-state index in [0.717, 1.165) is 6.07 Å². The van der Waals surface area contributed by atoms with E-state index < -0.39 is 23.4 Å². The highest BCUT2D eigenvalue weighted by Crippen LogP contribution is 2.27. The number of anilines is 2. The molecule has 0 saturated carbocycles. The lowest BCUT2D eigenvalue weighted by atomic mass is 10.1. The minimum Gasteiger partial charge on any atom is -0.365 e. The molecule has 0 aromatic heterocycles. The molecule has 0 unspecified atom stereocenters. The molecule has 2 N–H and O–H groups in total. The summed E-state index contributed by atoms with van der Waals surface area (Å²) in [5.74, 6) is -2.68. The Kier molecular flexibility index (Phi) is 5.04. The SMILES string of the molecule is O=C(N[C@H]1CCN(c2c(F)cccc2F)C1)c1cc(N2CCNC2=O)ccc1F.